The summed E-state index contributed by atoms with van der Waals surface area (Å²) in [5, 5.41) is 4.14. The predicted molar refractivity (Wildman–Crippen MR) is 122 cm³/mol. The highest BCUT2D eigenvalue weighted by Gasteiger charge is 2.23. The highest BCUT2D eigenvalue weighted by molar-refractivity contribution is 6.31. The molecule has 1 aliphatic heterocycles. The molecule has 3 aromatic rings. The average molecular weight is 438 g/mol. The van der Waals surface area contributed by atoms with Gasteiger partial charge in [0.15, 0.2) is 0 Å². The number of amides is 1. The Morgan fingerprint density at radius 3 is 2.71 bits per heavy atom. The van der Waals surface area contributed by atoms with Gasteiger partial charge in [0.25, 0.3) is 0 Å². The van der Waals surface area contributed by atoms with Crippen LogP contribution in [0.2, 0.25) is 5.02 Å². The van der Waals surface area contributed by atoms with Gasteiger partial charge < -0.3 is 19.9 Å². The zero-order valence-corrected chi connectivity index (χ0v) is 18.2. The van der Waals surface area contributed by atoms with Crippen molar-refractivity contribution in [1.29, 1.82) is 0 Å². The second kappa shape index (κ2) is 9.22. The number of nitrogens with one attached hydrogen (secondary N) is 1. The Kier molecular flexibility index (Phi) is 6.23. The van der Waals surface area contributed by atoms with Crippen molar-refractivity contribution >= 4 is 29.1 Å². The van der Waals surface area contributed by atoms with Crippen molar-refractivity contribution < 1.29 is 9.53 Å². The van der Waals surface area contributed by atoms with Crippen molar-refractivity contribution in [3.63, 3.8) is 0 Å². The molecule has 0 aliphatic carbocycles. The molecule has 8 heteroatoms. The number of ether oxygens (including phenoxy) is 1. The van der Waals surface area contributed by atoms with Crippen molar-refractivity contribution in [2.24, 2.45) is 0 Å². The smallest absolute Gasteiger partial charge is 0.241 e. The first-order chi connectivity index (χ1) is 15.0. The Morgan fingerprint density at radius 1 is 1.10 bits per heavy atom. The minimum Gasteiger partial charge on any atom is -0.497 e. The van der Waals surface area contributed by atoms with Crippen LogP contribution >= 0.6 is 11.6 Å². The van der Waals surface area contributed by atoms with Gasteiger partial charge in [-0.05, 0) is 29.3 Å². The Morgan fingerprint density at radius 2 is 1.94 bits per heavy atom. The van der Waals surface area contributed by atoms with E-state index in [1.165, 1.54) is 6.33 Å². The third kappa shape index (κ3) is 4.72. The third-order valence-electron chi connectivity index (χ3n) is 5.37. The van der Waals surface area contributed by atoms with Gasteiger partial charge in [-0.25, -0.2) is 9.97 Å². The molecule has 1 fully saturated rings. The molecule has 2 heterocycles. The normalized spacial score (nSPS) is 15.0. The number of anilines is 2. The van der Waals surface area contributed by atoms with E-state index in [0.717, 1.165) is 23.4 Å². The molecule has 2 aromatic carbocycles. The fraction of sp³-hybridized carbons (Fsp3) is 0.261. The van der Waals surface area contributed by atoms with E-state index in [-0.39, 0.29) is 11.9 Å². The third-order valence-corrected chi connectivity index (χ3v) is 5.71. The Hall–Kier alpha value is -3.32. The molecule has 1 atom stereocenters. The minimum absolute atomic E-state index is 0.0738. The molecule has 0 saturated carbocycles. The van der Waals surface area contributed by atoms with Crippen molar-refractivity contribution in [3.05, 3.63) is 77.1 Å². The molecule has 0 spiro atoms. The van der Waals surface area contributed by atoms with E-state index in [2.05, 4.69) is 15.3 Å². The van der Waals surface area contributed by atoms with Gasteiger partial charge in [0.1, 0.15) is 23.7 Å². The highest BCUT2D eigenvalue weighted by atomic mass is 35.5. The molecule has 160 valence electrons. The standard InChI is InChI=1S/C23H24ClN5O2/c1-28-10-11-29(14-22(28)30)21-13-20(25-15-26-21)27-23(18-8-3-4-9-19(18)24)16-6-5-7-17(12-16)31-2/h3-9,12-13,15,23H,10-11,14H2,1-2H3,(H,25,26,27). The van der Waals surface area contributed by atoms with Crippen LogP contribution in [0.15, 0.2) is 60.9 Å². The number of likely N-dealkylation sites (N-methyl/N-ethyl adjacent to an activating group) is 1. The van der Waals surface area contributed by atoms with Crippen LogP contribution in [0.1, 0.15) is 17.2 Å². The average Bonchev–Trinajstić information content (AvgIpc) is 2.80. The molecule has 1 aliphatic rings. The van der Waals surface area contributed by atoms with E-state index >= 15 is 0 Å². The Balaban J connectivity index is 1.66. The largest absolute Gasteiger partial charge is 0.497 e. The molecule has 0 radical (unpaired) electrons. The lowest BCUT2D eigenvalue weighted by Crippen LogP contribution is -2.48. The zero-order valence-electron chi connectivity index (χ0n) is 17.5. The second-order valence-electron chi connectivity index (χ2n) is 7.37. The number of aromatic nitrogens is 2. The summed E-state index contributed by atoms with van der Waals surface area (Å²) >= 11 is 6.54. The van der Waals surface area contributed by atoms with Crippen LogP contribution in [0.25, 0.3) is 0 Å². The van der Waals surface area contributed by atoms with Gasteiger partial charge in [-0.15, -0.1) is 0 Å². The topological polar surface area (TPSA) is 70.6 Å². The van der Waals surface area contributed by atoms with Crippen molar-refractivity contribution in [2.45, 2.75) is 6.04 Å². The number of nitrogens with zero attached hydrogens (tertiary/aromatic N) is 4. The molecule has 1 aromatic heterocycles. The number of carbonyl (C=O) groups is 1. The van der Waals surface area contributed by atoms with Crippen LogP contribution < -0.4 is 15.0 Å². The number of rotatable bonds is 6. The first-order valence-corrected chi connectivity index (χ1v) is 10.4. The predicted octanol–water partition coefficient (Wildman–Crippen LogP) is 3.62. The molecule has 1 unspecified atom stereocenters. The fourth-order valence-electron chi connectivity index (χ4n) is 3.57. The summed E-state index contributed by atoms with van der Waals surface area (Å²) in [6.45, 7) is 1.69. The first kappa shape index (κ1) is 20.9. The summed E-state index contributed by atoms with van der Waals surface area (Å²) in [6, 6.07) is 17.2. The van der Waals surface area contributed by atoms with E-state index in [1.807, 2.05) is 66.5 Å². The molecule has 4 rings (SSSR count). The molecule has 31 heavy (non-hydrogen) atoms. The summed E-state index contributed by atoms with van der Waals surface area (Å²) in [5.41, 5.74) is 1.91. The van der Waals surface area contributed by atoms with Crippen LogP contribution in [-0.4, -0.2) is 54.6 Å². The molecule has 7 nitrogen and oxygen atoms in total. The van der Waals surface area contributed by atoms with E-state index in [9.17, 15) is 4.79 Å². The lowest BCUT2D eigenvalue weighted by Gasteiger charge is -2.32. The first-order valence-electron chi connectivity index (χ1n) is 10.0. The summed E-state index contributed by atoms with van der Waals surface area (Å²) in [5.74, 6) is 2.19. The van der Waals surface area contributed by atoms with Gasteiger partial charge in [0, 0.05) is 31.2 Å². The molecule has 1 N–H and O–H groups in total. The number of hydrogen-bond donors (Lipinski definition) is 1. The Bertz CT molecular complexity index is 1080. The van der Waals surface area contributed by atoms with Gasteiger partial charge in [0.05, 0.1) is 19.7 Å². The molecule has 1 amide bonds. The Labute approximate surface area is 186 Å². The molecule has 1 saturated heterocycles. The number of carbonyl (C=O) groups excluding carboxylic acids is 1. The summed E-state index contributed by atoms with van der Waals surface area (Å²) in [4.78, 5) is 24.6. The number of hydrogen-bond acceptors (Lipinski definition) is 6. The van der Waals surface area contributed by atoms with E-state index in [4.69, 9.17) is 16.3 Å². The number of methoxy groups -OCH3 is 1. The maximum atomic E-state index is 12.1. The number of halogens is 1. The van der Waals surface area contributed by atoms with Crippen LogP contribution in [0.4, 0.5) is 11.6 Å². The van der Waals surface area contributed by atoms with Gasteiger partial charge in [-0.2, -0.15) is 0 Å². The molecular weight excluding hydrogens is 414 g/mol. The molecule has 0 bridgehead atoms. The van der Waals surface area contributed by atoms with Crippen LogP contribution in [-0.2, 0) is 4.79 Å². The number of benzene rings is 2. The van der Waals surface area contributed by atoms with Crippen LogP contribution in [0, 0.1) is 0 Å². The lowest BCUT2D eigenvalue weighted by atomic mass is 9.98. The van der Waals surface area contributed by atoms with E-state index in [1.54, 1.807) is 12.0 Å². The summed E-state index contributed by atoms with van der Waals surface area (Å²) in [6.07, 6.45) is 1.51. The zero-order chi connectivity index (χ0) is 21.8. The van der Waals surface area contributed by atoms with Crippen LogP contribution in [0.3, 0.4) is 0 Å². The van der Waals surface area contributed by atoms with Crippen molar-refractivity contribution in [2.75, 3.05) is 44.0 Å². The molecular formula is C23H24ClN5O2. The van der Waals surface area contributed by atoms with E-state index < -0.39 is 0 Å². The maximum absolute atomic E-state index is 12.1. The van der Waals surface area contributed by atoms with Gasteiger partial charge in [0.2, 0.25) is 5.91 Å². The van der Waals surface area contributed by atoms with Gasteiger partial charge in [-0.3, -0.25) is 4.79 Å². The summed E-state index contributed by atoms with van der Waals surface area (Å²) in [7, 11) is 3.46. The highest BCUT2D eigenvalue weighted by Crippen LogP contribution is 2.33. The fourth-order valence-corrected chi connectivity index (χ4v) is 3.82. The quantitative estimate of drug-likeness (QED) is 0.635. The number of piperazine rings is 1. The minimum atomic E-state index is -0.249. The maximum Gasteiger partial charge on any atom is 0.241 e. The van der Waals surface area contributed by atoms with Gasteiger partial charge >= 0.3 is 0 Å². The van der Waals surface area contributed by atoms with Crippen molar-refractivity contribution in [1.82, 2.24) is 14.9 Å². The van der Waals surface area contributed by atoms with Gasteiger partial charge in [-0.1, -0.05) is 41.9 Å². The monoisotopic (exact) mass is 437 g/mol. The van der Waals surface area contributed by atoms with Crippen LogP contribution in [0.5, 0.6) is 5.75 Å². The van der Waals surface area contributed by atoms with Crippen molar-refractivity contribution in [3.8, 4) is 5.75 Å². The van der Waals surface area contributed by atoms with E-state index in [0.29, 0.717) is 29.7 Å². The summed E-state index contributed by atoms with van der Waals surface area (Å²) < 4.78 is 5.41. The SMILES string of the molecule is COc1cccc(C(Nc2cc(N3CCN(C)C(=O)C3)ncn2)c2ccccc2Cl)c1. The lowest BCUT2D eigenvalue weighted by molar-refractivity contribution is -0.129. The second-order valence-corrected chi connectivity index (χ2v) is 7.78.